The van der Waals surface area contributed by atoms with Crippen LogP contribution in [0.3, 0.4) is 0 Å². The van der Waals surface area contributed by atoms with Gasteiger partial charge in [0.25, 0.3) is 0 Å². The molecule has 0 unspecified atom stereocenters. The molecule has 0 atom stereocenters. The van der Waals surface area contributed by atoms with Gasteiger partial charge in [-0.25, -0.2) is 0 Å². The molecule has 2 nitrogen and oxygen atoms in total. The molecule has 0 aromatic heterocycles. The third-order valence-electron chi connectivity index (χ3n) is 4.67. The van der Waals surface area contributed by atoms with Crippen molar-refractivity contribution in [1.82, 2.24) is 0 Å². The Morgan fingerprint density at radius 3 is 2.30 bits per heavy atom. The average molecular weight is 275 g/mol. The minimum absolute atomic E-state index is 0.198. The summed E-state index contributed by atoms with van der Waals surface area (Å²) in [5.74, 6) is 2.38. The van der Waals surface area contributed by atoms with Crippen LogP contribution < -0.4 is 10.5 Å². The van der Waals surface area contributed by atoms with Gasteiger partial charge in [0.2, 0.25) is 0 Å². The zero-order chi connectivity index (χ0) is 14.6. The van der Waals surface area contributed by atoms with Gasteiger partial charge in [-0.2, -0.15) is 0 Å². The standard InChI is InChI=1S/C18H29NO/c1-14(2)12-20-17-6-4-16(5-7-17)18(13-19)10-8-15(3)9-11-18/h4-7,14-15H,8-13,19H2,1-3H3. The first-order valence-corrected chi connectivity index (χ1v) is 7.99. The van der Waals surface area contributed by atoms with Crippen LogP contribution in [0.25, 0.3) is 0 Å². The van der Waals surface area contributed by atoms with Crippen LogP contribution in [0.15, 0.2) is 24.3 Å². The SMILES string of the molecule is CC(C)COc1ccc(C2(CN)CCC(C)CC2)cc1. The van der Waals surface area contributed by atoms with E-state index in [0.717, 1.165) is 24.8 Å². The molecule has 112 valence electrons. The van der Waals surface area contributed by atoms with Gasteiger partial charge in [-0.15, -0.1) is 0 Å². The molecule has 1 aliphatic carbocycles. The second kappa shape index (κ2) is 6.62. The Hall–Kier alpha value is -1.02. The van der Waals surface area contributed by atoms with Gasteiger partial charge in [0.1, 0.15) is 5.75 Å². The van der Waals surface area contributed by atoms with Crippen LogP contribution in [0.2, 0.25) is 0 Å². The number of rotatable bonds is 5. The second-order valence-corrected chi connectivity index (χ2v) is 6.90. The zero-order valence-electron chi connectivity index (χ0n) is 13.2. The van der Waals surface area contributed by atoms with Crippen LogP contribution in [0, 0.1) is 11.8 Å². The van der Waals surface area contributed by atoms with Crippen molar-refractivity contribution >= 4 is 0 Å². The van der Waals surface area contributed by atoms with Gasteiger partial charge in [0.15, 0.2) is 0 Å². The van der Waals surface area contributed by atoms with Crippen molar-refractivity contribution in [3.63, 3.8) is 0 Å². The van der Waals surface area contributed by atoms with Crippen molar-refractivity contribution in [1.29, 1.82) is 0 Å². The van der Waals surface area contributed by atoms with E-state index in [-0.39, 0.29) is 5.41 Å². The van der Waals surface area contributed by atoms with Crippen molar-refractivity contribution in [2.75, 3.05) is 13.2 Å². The molecule has 2 rings (SSSR count). The summed E-state index contributed by atoms with van der Waals surface area (Å²) in [6, 6.07) is 8.65. The van der Waals surface area contributed by atoms with Gasteiger partial charge in [-0.1, -0.05) is 32.9 Å². The van der Waals surface area contributed by atoms with E-state index in [0.29, 0.717) is 5.92 Å². The number of benzene rings is 1. The second-order valence-electron chi connectivity index (χ2n) is 6.90. The van der Waals surface area contributed by atoms with Crippen molar-refractivity contribution in [2.45, 2.75) is 51.9 Å². The van der Waals surface area contributed by atoms with Crippen LogP contribution in [-0.4, -0.2) is 13.2 Å². The van der Waals surface area contributed by atoms with Crippen molar-refractivity contribution < 1.29 is 4.74 Å². The Bertz CT molecular complexity index is 402. The van der Waals surface area contributed by atoms with Crippen molar-refractivity contribution in [3.8, 4) is 5.75 Å². The van der Waals surface area contributed by atoms with Gasteiger partial charge >= 0.3 is 0 Å². The summed E-state index contributed by atoms with van der Waals surface area (Å²) >= 11 is 0. The molecule has 1 fully saturated rings. The van der Waals surface area contributed by atoms with Gasteiger partial charge < -0.3 is 10.5 Å². The van der Waals surface area contributed by atoms with Gasteiger partial charge in [0, 0.05) is 12.0 Å². The van der Waals surface area contributed by atoms with Crippen LogP contribution in [0.5, 0.6) is 5.75 Å². The molecule has 20 heavy (non-hydrogen) atoms. The van der Waals surface area contributed by atoms with E-state index < -0.39 is 0 Å². The maximum Gasteiger partial charge on any atom is 0.119 e. The van der Waals surface area contributed by atoms with Gasteiger partial charge in [0.05, 0.1) is 6.61 Å². The van der Waals surface area contributed by atoms with E-state index in [2.05, 4.69) is 45.0 Å². The number of hydrogen-bond acceptors (Lipinski definition) is 2. The lowest BCUT2D eigenvalue weighted by atomic mass is 9.67. The number of ether oxygens (including phenoxy) is 1. The summed E-state index contributed by atoms with van der Waals surface area (Å²) in [7, 11) is 0. The van der Waals surface area contributed by atoms with Crippen LogP contribution in [0.4, 0.5) is 0 Å². The maximum atomic E-state index is 6.12. The summed E-state index contributed by atoms with van der Waals surface area (Å²) in [5, 5.41) is 0. The topological polar surface area (TPSA) is 35.2 Å². The highest BCUT2D eigenvalue weighted by molar-refractivity contribution is 5.33. The molecular weight excluding hydrogens is 246 g/mol. The monoisotopic (exact) mass is 275 g/mol. The van der Waals surface area contributed by atoms with E-state index in [1.54, 1.807) is 0 Å². The van der Waals surface area contributed by atoms with Gasteiger partial charge in [-0.3, -0.25) is 0 Å². The first-order valence-electron chi connectivity index (χ1n) is 7.99. The Kier molecular flexibility index (Phi) is 5.09. The molecule has 2 N–H and O–H groups in total. The smallest absolute Gasteiger partial charge is 0.119 e. The fraction of sp³-hybridized carbons (Fsp3) is 0.667. The number of nitrogens with two attached hydrogens (primary N) is 1. The third kappa shape index (κ3) is 3.54. The molecule has 0 heterocycles. The predicted octanol–water partition coefficient (Wildman–Crippen LogP) is 4.13. The molecule has 0 amide bonds. The summed E-state index contributed by atoms with van der Waals surface area (Å²) in [6.07, 6.45) is 5.03. The number of hydrogen-bond donors (Lipinski definition) is 1. The fourth-order valence-electron chi connectivity index (χ4n) is 3.09. The zero-order valence-corrected chi connectivity index (χ0v) is 13.2. The highest BCUT2D eigenvalue weighted by Crippen LogP contribution is 2.41. The summed E-state index contributed by atoms with van der Waals surface area (Å²) < 4.78 is 5.76. The Balaban J connectivity index is 2.07. The van der Waals surface area contributed by atoms with E-state index in [4.69, 9.17) is 10.5 Å². The average Bonchev–Trinajstić information content (AvgIpc) is 2.47. The molecule has 1 saturated carbocycles. The summed E-state index contributed by atoms with van der Waals surface area (Å²) in [5.41, 5.74) is 7.71. The quantitative estimate of drug-likeness (QED) is 0.877. The van der Waals surface area contributed by atoms with Crippen molar-refractivity contribution in [2.24, 2.45) is 17.6 Å². The molecule has 0 spiro atoms. The Morgan fingerprint density at radius 1 is 1.20 bits per heavy atom. The minimum atomic E-state index is 0.198. The van der Waals surface area contributed by atoms with E-state index >= 15 is 0 Å². The molecule has 0 aliphatic heterocycles. The van der Waals surface area contributed by atoms with E-state index in [9.17, 15) is 0 Å². The Labute approximate surface area is 123 Å². The van der Waals surface area contributed by atoms with Crippen LogP contribution in [0.1, 0.15) is 52.0 Å². The minimum Gasteiger partial charge on any atom is -0.493 e. The molecule has 0 bridgehead atoms. The summed E-state index contributed by atoms with van der Waals surface area (Å²) in [4.78, 5) is 0. The third-order valence-corrected chi connectivity index (χ3v) is 4.67. The summed E-state index contributed by atoms with van der Waals surface area (Å²) in [6.45, 7) is 8.22. The normalized spacial score (nSPS) is 26.8. The molecule has 0 radical (unpaired) electrons. The molecular formula is C18H29NO. The molecule has 2 heteroatoms. The molecule has 1 aromatic rings. The fourth-order valence-corrected chi connectivity index (χ4v) is 3.09. The largest absolute Gasteiger partial charge is 0.493 e. The van der Waals surface area contributed by atoms with Gasteiger partial charge in [-0.05, 0) is 55.2 Å². The predicted molar refractivity (Wildman–Crippen MR) is 85.1 cm³/mol. The Morgan fingerprint density at radius 2 is 1.80 bits per heavy atom. The molecule has 1 aliphatic rings. The lowest BCUT2D eigenvalue weighted by Crippen LogP contribution is -2.38. The molecule has 1 aromatic carbocycles. The lowest BCUT2D eigenvalue weighted by Gasteiger charge is -2.39. The van der Waals surface area contributed by atoms with Crippen LogP contribution in [-0.2, 0) is 5.41 Å². The first kappa shape index (κ1) is 15.4. The lowest BCUT2D eigenvalue weighted by molar-refractivity contribution is 0.246. The highest BCUT2D eigenvalue weighted by Gasteiger charge is 2.34. The first-order chi connectivity index (χ1) is 9.55. The van der Waals surface area contributed by atoms with Crippen molar-refractivity contribution in [3.05, 3.63) is 29.8 Å². The molecule has 0 saturated heterocycles. The maximum absolute atomic E-state index is 6.12. The van der Waals surface area contributed by atoms with Crippen LogP contribution >= 0.6 is 0 Å². The van der Waals surface area contributed by atoms with E-state index in [1.807, 2.05) is 0 Å². The van der Waals surface area contributed by atoms with E-state index in [1.165, 1.54) is 31.2 Å². The highest BCUT2D eigenvalue weighted by atomic mass is 16.5.